The van der Waals surface area contributed by atoms with Crippen LogP contribution in [-0.2, 0) is 5.41 Å². The zero-order valence-electron chi connectivity index (χ0n) is 27.7. The highest BCUT2D eigenvalue weighted by Gasteiger charge is 2.36. The SMILES string of the molecule is CC1(C)c2cc(-c3cccc(-c4ccc5c6ccccc6c6ccccc6c5c4)c3)ccc2-c2ccc(-c3cccc4ccccc34)cc21. The summed E-state index contributed by atoms with van der Waals surface area (Å²) in [4.78, 5) is 0. The molecule has 0 amide bonds. The highest BCUT2D eigenvalue weighted by atomic mass is 14.4. The van der Waals surface area contributed by atoms with Gasteiger partial charge in [-0.05, 0) is 123 Å². The van der Waals surface area contributed by atoms with Crippen LogP contribution in [0.3, 0.4) is 0 Å². The van der Waals surface area contributed by atoms with Crippen LogP contribution in [-0.4, -0.2) is 0 Å². The van der Waals surface area contributed by atoms with E-state index >= 15 is 0 Å². The van der Waals surface area contributed by atoms with Crippen LogP contribution in [0.1, 0.15) is 25.0 Å². The van der Waals surface area contributed by atoms with Gasteiger partial charge in [-0.1, -0.05) is 159 Å². The third-order valence-electron chi connectivity index (χ3n) is 11.1. The Bertz CT molecular complexity index is 2750. The zero-order chi connectivity index (χ0) is 32.7. The van der Waals surface area contributed by atoms with Crippen molar-refractivity contribution in [3.63, 3.8) is 0 Å². The van der Waals surface area contributed by atoms with Gasteiger partial charge in [0.15, 0.2) is 0 Å². The first kappa shape index (κ1) is 28.1. The smallest absolute Gasteiger partial charge is 0.0159 e. The van der Waals surface area contributed by atoms with Crippen molar-refractivity contribution in [2.75, 3.05) is 0 Å². The topological polar surface area (TPSA) is 0 Å². The van der Waals surface area contributed by atoms with Gasteiger partial charge < -0.3 is 0 Å². The lowest BCUT2D eigenvalue weighted by Gasteiger charge is -2.23. The normalized spacial score (nSPS) is 13.3. The molecule has 1 aliphatic carbocycles. The molecule has 0 saturated carbocycles. The molecular formula is C49H34. The highest BCUT2D eigenvalue weighted by Crippen LogP contribution is 2.51. The maximum atomic E-state index is 2.44. The van der Waals surface area contributed by atoms with Crippen molar-refractivity contribution in [3.8, 4) is 44.5 Å². The third-order valence-corrected chi connectivity index (χ3v) is 11.1. The molecule has 230 valence electrons. The molecule has 0 aliphatic heterocycles. The summed E-state index contributed by atoms with van der Waals surface area (Å²) in [7, 11) is 0. The second kappa shape index (κ2) is 10.5. The lowest BCUT2D eigenvalue weighted by Crippen LogP contribution is -2.15. The van der Waals surface area contributed by atoms with Gasteiger partial charge in [0, 0.05) is 5.41 Å². The van der Waals surface area contributed by atoms with Gasteiger partial charge in [0.25, 0.3) is 0 Å². The van der Waals surface area contributed by atoms with Crippen LogP contribution in [0.5, 0.6) is 0 Å². The number of fused-ring (bicyclic) bond motifs is 10. The average Bonchev–Trinajstić information content (AvgIpc) is 3.39. The Kier molecular flexibility index (Phi) is 6.02. The zero-order valence-corrected chi connectivity index (χ0v) is 27.7. The van der Waals surface area contributed by atoms with Crippen LogP contribution in [0.25, 0.3) is 87.6 Å². The van der Waals surface area contributed by atoms with E-state index in [0.29, 0.717) is 0 Å². The summed E-state index contributed by atoms with van der Waals surface area (Å²) in [5.41, 5.74) is 12.9. The van der Waals surface area contributed by atoms with Crippen LogP contribution in [0.4, 0.5) is 0 Å². The lowest BCUT2D eigenvalue weighted by atomic mass is 9.80. The van der Waals surface area contributed by atoms with Gasteiger partial charge in [-0.15, -0.1) is 0 Å². The molecule has 0 radical (unpaired) electrons. The summed E-state index contributed by atoms with van der Waals surface area (Å²) in [6, 6.07) is 63.1. The van der Waals surface area contributed by atoms with E-state index in [1.54, 1.807) is 0 Å². The van der Waals surface area contributed by atoms with E-state index in [0.717, 1.165) is 0 Å². The van der Waals surface area contributed by atoms with Gasteiger partial charge in [0.05, 0.1) is 0 Å². The van der Waals surface area contributed by atoms with E-state index in [4.69, 9.17) is 0 Å². The lowest BCUT2D eigenvalue weighted by molar-refractivity contribution is 0.661. The number of hydrogen-bond acceptors (Lipinski definition) is 0. The van der Waals surface area contributed by atoms with Gasteiger partial charge in [-0.25, -0.2) is 0 Å². The fraction of sp³-hybridized carbons (Fsp3) is 0.0612. The van der Waals surface area contributed by atoms with E-state index in [1.807, 2.05) is 0 Å². The van der Waals surface area contributed by atoms with Crippen molar-refractivity contribution in [2.45, 2.75) is 19.3 Å². The van der Waals surface area contributed by atoms with Crippen molar-refractivity contribution in [3.05, 3.63) is 181 Å². The van der Waals surface area contributed by atoms with E-state index in [-0.39, 0.29) is 5.41 Å². The van der Waals surface area contributed by atoms with Gasteiger partial charge in [-0.3, -0.25) is 0 Å². The fourth-order valence-electron chi connectivity index (χ4n) is 8.53. The van der Waals surface area contributed by atoms with Gasteiger partial charge in [-0.2, -0.15) is 0 Å². The van der Waals surface area contributed by atoms with Gasteiger partial charge in [0.2, 0.25) is 0 Å². The molecule has 0 atom stereocenters. The molecule has 0 spiro atoms. The molecule has 0 bridgehead atoms. The molecule has 9 aromatic carbocycles. The molecule has 0 aromatic heterocycles. The average molecular weight is 623 g/mol. The van der Waals surface area contributed by atoms with Crippen LogP contribution in [0.2, 0.25) is 0 Å². The van der Waals surface area contributed by atoms with Crippen LogP contribution < -0.4 is 0 Å². The summed E-state index contributed by atoms with van der Waals surface area (Å²) in [5.74, 6) is 0. The largest absolute Gasteiger partial charge is 0.0616 e. The maximum absolute atomic E-state index is 2.44. The highest BCUT2D eigenvalue weighted by molar-refractivity contribution is 6.25. The Hall–Kier alpha value is -5.98. The van der Waals surface area contributed by atoms with Crippen molar-refractivity contribution in [1.29, 1.82) is 0 Å². The number of hydrogen-bond donors (Lipinski definition) is 0. The molecule has 0 unspecified atom stereocenters. The van der Waals surface area contributed by atoms with Crippen molar-refractivity contribution < 1.29 is 0 Å². The minimum absolute atomic E-state index is 0.110. The summed E-state index contributed by atoms with van der Waals surface area (Å²) < 4.78 is 0. The predicted molar refractivity (Wildman–Crippen MR) is 210 cm³/mol. The predicted octanol–water partition coefficient (Wildman–Crippen LogP) is 13.6. The van der Waals surface area contributed by atoms with Crippen molar-refractivity contribution in [2.24, 2.45) is 0 Å². The Morgan fingerprint density at radius 2 is 0.735 bits per heavy atom. The minimum Gasteiger partial charge on any atom is -0.0616 e. The summed E-state index contributed by atoms with van der Waals surface area (Å²) >= 11 is 0. The quantitative estimate of drug-likeness (QED) is 0.172. The second-order valence-corrected chi connectivity index (χ2v) is 14.1. The van der Waals surface area contributed by atoms with E-state index in [2.05, 4.69) is 184 Å². The number of rotatable bonds is 3. The van der Waals surface area contributed by atoms with E-state index in [1.165, 1.54) is 98.7 Å². The molecule has 0 saturated heterocycles. The van der Waals surface area contributed by atoms with Crippen LogP contribution in [0.15, 0.2) is 170 Å². The summed E-state index contributed by atoms with van der Waals surface area (Å²) in [6.07, 6.45) is 0. The standard InChI is InChI=1S/C49H34/c1-49(2)47-29-35(22-25-44(47)45-26-23-36(30-48(45)49)38-20-10-12-31-11-3-4-15-37(31)38)33-14-9-13-32(27-33)34-21-24-43-41-18-6-5-16-39(41)40-17-7-8-19-42(40)46(43)28-34/h3-30H,1-2H3. The Balaban J connectivity index is 1.05. The Morgan fingerprint density at radius 1 is 0.286 bits per heavy atom. The molecule has 0 fully saturated rings. The maximum Gasteiger partial charge on any atom is 0.0159 e. The number of benzene rings is 9. The van der Waals surface area contributed by atoms with E-state index in [9.17, 15) is 0 Å². The molecule has 0 N–H and O–H groups in total. The first-order chi connectivity index (χ1) is 24.0. The molecule has 0 nitrogen and oxygen atoms in total. The van der Waals surface area contributed by atoms with E-state index < -0.39 is 0 Å². The summed E-state index contributed by atoms with van der Waals surface area (Å²) in [5, 5.41) is 10.4. The Morgan fingerprint density at radius 3 is 1.41 bits per heavy atom. The molecule has 0 heterocycles. The minimum atomic E-state index is -0.110. The van der Waals surface area contributed by atoms with Gasteiger partial charge in [0.1, 0.15) is 0 Å². The molecule has 0 heteroatoms. The van der Waals surface area contributed by atoms with Crippen LogP contribution >= 0.6 is 0 Å². The Labute approximate surface area is 286 Å². The first-order valence-electron chi connectivity index (χ1n) is 17.3. The van der Waals surface area contributed by atoms with Gasteiger partial charge >= 0.3 is 0 Å². The van der Waals surface area contributed by atoms with Crippen molar-refractivity contribution >= 4 is 43.1 Å². The molecule has 49 heavy (non-hydrogen) atoms. The fourth-order valence-corrected chi connectivity index (χ4v) is 8.53. The van der Waals surface area contributed by atoms with Crippen molar-refractivity contribution in [1.82, 2.24) is 0 Å². The first-order valence-corrected chi connectivity index (χ1v) is 17.3. The molecule has 10 rings (SSSR count). The molecule has 1 aliphatic rings. The third kappa shape index (κ3) is 4.24. The molecule has 9 aromatic rings. The summed E-state index contributed by atoms with van der Waals surface area (Å²) in [6.45, 7) is 4.77. The van der Waals surface area contributed by atoms with Crippen LogP contribution in [0, 0.1) is 0 Å². The monoisotopic (exact) mass is 622 g/mol. The second-order valence-electron chi connectivity index (χ2n) is 14.1. The molecular weight excluding hydrogens is 589 g/mol.